The molecule has 0 aromatic heterocycles. The van der Waals surface area contributed by atoms with Gasteiger partial charge in [0.05, 0.1) is 11.7 Å². The van der Waals surface area contributed by atoms with Crippen LogP contribution in [0.25, 0.3) is 0 Å². The average molecular weight is 173 g/mol. The highest BCUT2D eigenvalue weighted by molar-refractivity contribution is 4.89. The molecule has 0 amide bonds. The molecule has 3 heteroatoms. The number of nitrogens with two attached hydrogens (primary N) is 1. The second-order valence-electron chi connectivity index (χ2n) is 4.08. The highest BCUT2D eigenvalue weighted by Crippen LogP contribution is 2.38. The second kappa shape index (κ2) is 3.73. The second-order valence-corrected chi connectivity index (χ2v) is 4.08. The first-order valence-corrected chi connectivity index (χ1v) is 4.67. The Morgan fingerprint density at radius 2 is 2.17 bits per heavy atom. The summed E-state index contributed by atoms with van der Waals surface area (Å²) in [6.07, 6.45) is 3.24. The van der Waals surface area contributed by atoms with Crippen LogP contribution in [0.4, 0.5) is 0 Å². The van der Waals surface area contributed by atoms with Gasteiger partial charge < -0.3 is 15.9 Å². The Morgan fingerprint density at radius 3 is 2.50 bits per heavy atom. The molecule has 0 spiro atoms. The molecule has 1 aliphatic carbocycles. The molecule has 0 radical (unpaired) electrons. The van der Waals surface area contributed by atoms with E-state index in [9.17, 15) is 10.2 Å². The summed E-state index contributed by atoms with van der Waals surface area (Å²) in [7, 11) is 0. The Bertz CT molecular complexity index is 143. The van der Waals surface area contributed by atoms with Crippen LogP contribution in [-0.4, -0.2) is 28.5 Å². The quantitative estimate of drug-likeness (QED) is 0.571. The summed E-state index contributed by atoms with van der Waals surface area (Å²) in [5.74, 6) is 0.374. The lowest BCUT2D eigenvalue weighted by Crippen LogP contribution is -2.43. The van der Waals surface area contributed by atoms with Gasteiger partial charge in [-0.05, 0) is 25.7 Å². The van der Waals surface area contributed by atoms with Gasteiger partial charge in [-0.1, -0.05) is 6.42 Å². The van der Waals surface area contributed by atoms with Crippen LogP contribution in [0.2, 0.25) is 0 Å². The van der Waals surface area contributed by atoms with Gasteiger partial charge in [-0.3, -0.25) is 0 Å². The van der Waals surface area contributed by atoms with E-state index in [1.165, 1.54) is 6.42 Å². The van der Waals surface area contributed by atoms with Gasteiger partial charge >= 0.3 is 0 Å². The standard InChI is InChI=1S/C9H19NO2/c1-9(12,5-8(11)6-10)7-3-2-4-7/h7-8,11-12H,2-6,10H2,1H3/t8-,9-/m1/s1. The lowest BCUT2D eigenvalue weighted by atomic mass is 9.71. The molecule has 12 heavy (non-hydrogen) atoms. The molecule has 0 heterocycles. The van der Waals surface area contributed by atoms with Gasteiger partial charge in [0.1, 0.15) is 0 Å². The highest BCUT2D eigenvalue weighted by atomic mass is 16.3. The first kappa shape index (κ1) is 9.96. The maximum absolute atomic E-state index is 9.92. The Labute approximate surface area is 73.6 Å². The predicted molar refractivity (Wildman–Crippen MR) is 47.6 cm³/mol. The molecular formula is C9H19NO2. The zero-order chi connectivity index (χ0) is 9.19. The SMILES string of the molecule is C[C@@](O)(C[C@@H](O)CN)C1CCC1. The summed E-state index contributed by atoms with van der Waals surface area (Å²) < 4.78 is 0. The van der Waals surface area contributed by atoms with Crippen molar-refractivity contribution in [3.8, 4) is 0 Å². The van der Waals surface area contributed by atoms with Crippen molar-refractivity contribution in [3.05, 3.63) is 0 Å². The molecule has 1 fully saturated rings. The normalized spacial score (nSPS) is 26.0. The van der Waals surface area contributed by atoms with Crippen LogP contribution < -0.4 is 5.73 Å². The van der Waals surface area contributed by atoms with Crippen molar-refractivity contribution in [1.82, 2.24) is 0 Å². The minimum absolute atomic E-state index is 0.239. The van der Waals surface area contributed by atoms with E-state index in [1.54, 1.807) is 6.92 Å². The van der Waals surface area contributed by atoms with E-state index in [0.717, 1.165) is 12.8 Å². The summed E-state index contributed by atoms with van der Waals surface area (Å²) >= 11 is 0. The first-order valence-electron chi connectivity index (χ1n) is 4.67. The van der Waals surface area contributed by atoms with E-state index >= 15 is 0 Å². The fourth-order valence-corrected chi connectivity index (χ4v) is 1.76. The molecule has 0 aromatic rings. The van der Waals surface area contributed by atoms with E-state index in [-0.39, 0.29) is 6.54 Å². The van der Waals surface area contributed by atoms with Crippen LogP contribution >= 0.6 is 0 Å². The Balaban J connectivity index is 2.35. The predicted octanol–water partition coefficient (Wildman–Crippen LogP) is 0.247. The fourth-order valence-electron chi connectivity index (χ4n) is 1.76. The third-order valence-corrected chi connectivity index (χ3v) is 2.91. The van der Waals surface area contributed by atoms with Crippen molar-refractivity contribution in [2.75, 3.05) is 6.54 Å². The molecule has 0 aliphatic heterocycles. The van der Waals surface area contributed by atoms with Gasteiger partial charge in [0, 0.05) is 13.0 Å². The van der Waals surface area contributed by atoms with Crippen molar-refractivity contribution >= 4 is 0 Å². The lowest BCUT2D eigenvalue weighted by Gasteiger charge is -2.39. The molecule has 0 saturated heterocycles. The summed E-state index contributed by atoms with van der Waals surface area (Å²) in [6, 6.07) is 0. The van der Waals surface area contributed by atoms with Crippen LogP contribution in [0.5, 0.6) is 0 Å². The summed E-state index contributed by atoms with van der Waals surface area (Å²) in [5.41, 5.74) is 4.57. The Hall–Kier alpha value is -0.120. The number of aliphatic hydroxyl groups excluding tert-OH is 1. The van der Waals surface area contributed by atoms with Gasteiger partial charge in [0.15, 0.2) is 0 Å². The average Bonchev–Trinajstić information content (AvgIpc) is 1.80. The van der Waals surface area contributed by atoms with Crippen LogP contribution in [0.15, 0.2) is 0 Å². The topological polar surface area (TPSA) is 66.5 Å². The van der Waals surface area contributed by atoms with Crippen molar-refractivity contribution in [2.24, 2.45) is 11.7 Å². The zero-order valence-electron chi connectivity index (χ0n) is 7.66. The highest BCUT2D eigenvalue weighted by Gasteiger charge is 2.37. The smallest absolute Gasteiger partial charge is 0.0689 e. The monoisotopic (exact) mass is 173 g/mol. The third kappa shape index (κ3) is 2.19. The first-order chi connectivity index (χ1) is 5.56. The molecule has 1 saturated carbocycles. The molecular weight excluding hydrogens is 154 g/mol. The van der Waals surface area contributed by atoms with Gasteiger partial charge in [0.2, 0.25) is 0 Å². The summed E-state index contributed by atoms with van der Waals surface area (Å²) in [4.78, 5) is 0. The van der Waals surface area contributed by atoms with Crippen molar-refractivity contribution < 1.29 is 10.2 Å². The fraction of sp³-hybridized carbons (Fsp3) is 1.00. The molecule has 1 rings (SSSR count). The van der Waals surface area contributed by atoms with Gasteiger partial charge in [0.25, 0.3) is 0 Å². The third-order valence-electron chi connectivity index (χ3n) is 2.91. The van der Waals surface area contributed by atoms with Gasteiger partial charge in [-0.15, -0.1) is 0 Å². The molecule has 72 valence electrons. The van der Waals surface area contributed by atoms with E-state index < -0.39 is 11.7 Å². The maximum atomic E-state index is 9.92. The molecule has 4 N–H and O–H groups in total. The summed E-state index contributed by atoms with van der Waals surface area (Å²) in [6.45, 7) is 2.04. The van der Waals surface area contributed by atoms with Crippen molar-refractivity contribution in [1.29, 1.82) is 0 Å². The van der Waals surface area contributed by atoms with Crippen LogP contribution in [0.1, 0.15) is 32.6 Å². The molecule has 2 atom stereocenters. The Morgan fingerprint density at radius 1 is 1.58 bits per heavy atom. The van der Waals surface area contributed by atoms with Crippen molar-refractivity contribution in [3.63, 3.8) is 0 Å². The number of hydrogen-bond acceptors (Lipinski definition) is 3. The number of hydrogen-bond donors (Lipinski definition) is 3. The zero-order valence-corrected chi connectivity index (χ0v) is 7.66. The molecule has 0 aromatic carbocycles. The van der Waals surface area contributed by atoms with E-state index in [1.807, 2.05) is 0 Å². The van der Waals surface area contributed by atoms with Gasteiger partial charge in [-0.2, -0.15) is 0 Å². The molecule has 0 bridgehead atoms. The van der Waals surface area contributed by atoms with Crippen LogP contribution in [0, 0.1) is 5.92 Å². The number of rotatable bonds is 4. The van der Waals surface area contributed by atoms with E-state index in [4.69, 9.17) is 5.73 Å². The molecule has 0 unspecified atom stereocenters. The van der Waals surface area contributed by atoms with Crippen LogP contribution in [-0.2, 0) is 0 Å². The van der Waals surface area contributed by atoms with E-state index in [2.05, 4.69) is 0 Å². The minimum atomic E-state index is -0.711. The molecule has 1 aliphatic rings. The van der Waals surface area contributed by atoms with Crippen molar-refractivity contribution in [2.45, 2.75) is 44.3 Å². The Kier molecular flexibility index (Phi) is 3.09. The van der Waals surface area contributed by atoms with Gasteiger partial charge in [-0.25, -0.2) is 0 Å². The summed E-state index contributed by atoms with van der Waals surface area (Å²) in [5, 5.41) is 19.2. The van der Waals surface area contributed by atoms with E-state index in [0.29, 0.717) is 12.3 Å². The lowest BCUT2D eigenvalue weighted by molar-refractivity contribution is -0.0654. The largest absolute Gasteiger partial charge is 0.392 e. The minimum Gasteiger partial charge on any atom is -0.392 e. The maximum Gasteiger partial charge on any atom is 0.0689 e. The van der Waals surface area contributed by atoms with Crippen LogP contribution in [0.3, 0.4) is 0 Å². The number of aliphatic hydroxyl groups is 2. The molecule has 3 nitrogen and oxygen atoms in total.